The molecule has 0 bridgehead atoms. The van der Waals surface area contributed by atoms with Crippen LogP contribution in [0.4, 0.5) is 20.3 Å². The van der Waals surface area contributed by atoms with Gasteiger partial charge in [0.1, 0.15) is 18.1 Å². The molecule has 2 aromatic carbocycles. The quantitative estimate of drug-likeness (QED) is 0.0808. The predicted octanol–water partition coefficient (Wildman–Crippen LogP) is 6.29. The zero-order valence-electron chi connectivity index (χ0n) is 30.7. The lowest BCUT2D eigenvalue weighted by Crippen LogP contribution is -2.54. The van der Waals surface area contributed by atoms with E-state index in [4.69, 9.17) is 4.42 Å². The van der Waals surface area contributed by atoms with Crippen LogP contribution in [-0.4, -0.2) is 66.8 Å². The summed E-state index contributed by atoms with van der Waals surface area (Å²) in [4.78, 5) is 73.2. The fourth-order valence-corrected chi connectivity index (χ4v) is 7.14. The molecule has 5 heterocycles. The largest absolute Gasteiger partial charge is 0.444 e. The molecule has 1 saturated carbocycles. The summed E-state index contributed by atoms with van der Waals surface area (Å²) in [6, 6.07) is 14.9. The van der Waals surface area contributed by atoms with Gasteiger partial charge in [-0.15, -0.1) is 0 Å². The molecule has 1 aliphatic carbocycles. The van der Waals surface area contributed by atoms with E-state index in [0.29, 0.717) is 35.0 Å². The molecule has 5 amide bonds. The van der Waals surface area contributed by atoms with Crippen LogP contribution in [0.1, 0.15) is 99.4 Å². The molecule has 14 nitrogen and oxygen atoms in total. The standard InChI is InChI=1S/C41H38F2N8O6/c42-36(43)35-29(46-37(53)30-22-57-39(47-30)26-17-18-44-32(19-26)45-20-24-9-10-24)21-50(49-35)27-13-11-23(12-14-27)5-2-1-3-6-25-7-4-8-28-34(25)41(56)51(40(28)55)31-15-16-33(52)48-38(31)54/h4,7-8,11-14,17-19,21-22,24,31,36H,1-3,5-6,9-10,15-16,20H2,(H,44,45)(H,46,53)(H,48,52,54). The zero-order valence-corrected chi connectivity index (χ0v) is 30.7. The highest BCUT2D eigenvalue weighted by atomic mass is 19.3. The first kappa shape index (κ1) is 37.3. The Bertz CT molecular complexity index is 2370. The highest BCUT2D eigenvalue weighted by molar-refractivity contribution is 6.24. The highest BCUT2D eigenvalue weighted by Gasteiger charge is 2.45. The molecule has 0 spiro atoms. The summed E-state index contributed by atoms with van der Waals surface area (Å²) in [5.41, 5.74) is 2.66. The minimum absolute atomic E-state index is 0.0587. The maximum Gasteiger partial charge on any atom is 0.284 e. The Morgan fingerprint density at radius 1 is 0.965 bits per heavy atom. The molecule has 2 fully saturated rings. The number of alkyl halides is 2. The number of fused-ring (bicyclic) bond motifs is 1. The second kappa shape index (κ2) is 15.9. The summed E-state index contributed by atoms with van der Waals surface area (Å²) in [5, 5.41) is 12.0. The van der Waals surface area contributed by atoms with Crippen LogP contribution in [0.5, 0.6) is 0 Å². The smallest absolute Gasteiger partial charge is 0.284 e. The number of carbonyl (C=O) groups excluding carboxylic acids is 5. The molecule has 2 aliphatic heterocycles. The molecule has 3 N–H and O–H groups in total. The van der Waals surface area contributed by atoms with Crippen molar-refractivity contribution in [3.8, 4) is 17.1 Å². The predicted molar refractivity (Wildman–Crippen MR) is 202 cm³/mol. The minimum atomic E-state index is -2.95. The Balaban J connectivity index is 0.845. The fraction of sp³-hybridized carbons (Fsp3) is 0.317. The number of anilines is 2. The van der Waals surface area contributed by atoms with Crippen molar-refractivity contribution < 1.29 is 37.2 Å². The van der Waals surface area contributed by atoms with Gasteiger partial charge in [-0.1, -0.05) is 30.7 Å². The van der Waals surface area contributed by atoms with Crippen LogP contribution in [-0.2, 0) is 22.4 Å². The van der Waals surface area contributed by atoms with Gasteiger partial charge in [0.15, 0.2) is 11.4 Å². The third-order valence-electron chi connectivity index (χ3n) is 10.4. The van der Waals surface area contributed by atoms with Crippen LogP contribution >= 0.6 is 0 Å². The number of oxazole rings is 1. The van der Waals surface area contributed by atoms with Crippen molar-refractivity contribution in [2.45, 2.75) is 70.3 Å². The molecule has 5 aromatic rings. The van der Waals surface area contributed by atoms with E-state index < -0.39 is 47.7 Å². The number of aromatic nitrogens is 4. The van der Waals surface area contributed by atoms with Crippen LogP contribution in [0.15, 0.2) is 77.7 Å². The number of nitrogens with zero attached hydrogens (tertiary/aromatic N) is 5. The van der Waals surface area contributed by atoms with Crippen LogP contribution in [0.3, 0.4) is 0 Å². The van der Waals surface area contributed by atoms with Gasteiger partial charge in [0.2, 0.25) is 17.7 Å². The number of hydrogen-bond acceptors (Lipinski definition) is 10. The second-order valence-corrected chi connectivity index (χ2v) is 14.4. The molecule has 1 atom stereocenters. The van der Waals surface area contributed by atoms with Gasteiger partial charge in [-0.25, -0.2) is 23.4 Å². The molecule has 8 rings (SSSR count). The summed E-state index contributed by atoms with van der Waals surface area (Å²) in [5.74, 6) is -1.32. The topological polar surface area (TPSA) is 181 Å². The first-order chi connectivity index (χ1) is 27.6. The molecule has 0 radical (unpaired) electrons. The molecule has 57 heavy (non-hydrogen) atoms. The lowest BCUT2D eigenvalue weighted by atomic mass is 9.97. The molecule has 292 valence electrons. The SMILES string of the molecule is O=C1CCC(N2C(=O)c3cccc(CCCCCc4ccc(-n5cc(NC(=O)c6coc(-c7ccnc(NCC8CC8)c7)n6)c(C(F)F)n5)cc4)c3C2=O)C(=O)N1. The number of amides is 5. The van der Waals surface area contributed by atoms with E-state index in [1.54, 1.807) is 42.6 Å². The number of carbonyl (C=O) groups is 5. The van der Waals surface area contributed by atoms with E-state index in [2.05, 4.69) is 31.0 Å². The Labute approximate surface area is 325 Å². The number of pyridine rings is 1. The Morgan fingerprint density at radius 3 is 2.54 bits per heavy atom. The van der Waals surface area contributed by atoms with E-state index in [1.807, 2.05) is 18.2 Å². The molecule has 16 heteroatoms. The molecule has 1 unspecified atom stereocenters. The number of aryl methyl sites for hydroxylation is 2. The Kier molecular flexibility index (Phi) is 10.4. The van der Waals surface area contributed by atoms with E-state index in [9.17, 15) is 32.8 Å². The lowest BCUT2D eigenvalue weighted by Gasteiger charge is -2.27. The first-order valence-corrected chi connectivity index (χ1v) is 18.9. The number of benzene rings is 2. The van der Waals surface area contributed by atoms with Gasteiger partial charge in [-0.3, -0.25) is 34.2 Å². The Morgan fingerprint density at radius 2 is 1.77 bits per heavy atom. The van der Waals surface area contributed by atoms with Crippen LogP contribution in [0, 0.1) is 5.92 Å². The van der Waals surface area contributed by atoms with Crippen molar-refractivity contribution in [3.05, 3.63) is 107 Å². The van der Waals surface area contributed by atoms with Gasteiger partial charge in [0.05, 0.1) is 28.7 Å². The van der Waals surface area contributed by atoms with Gasteiger partial charge in [0.25, 0.3) is 24.1 Å². The number of piperidine rings is 1. The summed E-state index contributed by atoms with van der Waals surface area (Å²) in [6.07, 6.45) is 7.44. The number of hydrogen-bond donors (Lipinski definition) is 3. The van der Waals surface area contributed by atoms with Crippen molar-refractivity contribution in [2.75, 3.05) is 17.2 Å². The monoisotopic (exact) mass is 776 g/mol. The van der Waals surface area contributed by atoms with Crippen molar-refractivity contribution >= 4 is 41.0 Å². The van der Waals surface area contributed by atoms with Crippen molar-refractivity contribution in [1.82, 2.24) is 30.0 Å². The number of unbranched alkanes of at least 4 members (excludes halogenated alkanes) is 2. The van der Waals surface area contributed by atoms with Crippen molar-refractivity contribution in [3.63, 3.8) is 0 Å². The average Bonchev–Trinajstić information content (AvgIpc) is 3.61. The van der Waals surface area contributed by atoms with Gasteiger partial charge >= 0.3 is 0 Å². The normalized spacial score (nSPS) is 16.6. The second-order valence-electron chi connectivity index (χ2n) is 14.4. The van der Waals surface area contributed by atoms with Crippen LogP contribution in [0.25, 0.3) is 17.1 Å². The molecule has 3 aromatic heterocycles. The first-order valence-electron chi connectivity index (χ1n) is 18.9. The maximum atomic E-state index is 14.1. The summed E-state index contributed by atoms with van der Waals surface area (Å²) in [7, 11) is 0. The molecular formula is C41H38F2N8O6. The van der Waals surface area contributed by atoms with Gasteiger partial charge < -0.3 is 15.1 Å². The van der Waals surface area contributed by atoms with E-state index in [1.165, 1.54) is 30.0 Å². The minimum Gasteiger partial charge on any atom is -0.444 e. The summed E-state index contributed by atoms with van der Waals surface area (Å²) in [6.45, 7) is 0.827. The Hall–Kier alpha value is -6.58. The lowest BCUT2D eigenvalue weighted by molar-refractivity contribution is -0.136. The van der Waals surface area contributed by atoms with E-state index >= 15 is 0 Å². The number of rotatable bonds is 15. The van der Waals surface area contributed by atoms with Crippen LogP contribution in [0.2, 0.25) is 0 Å². The maximum absolute atomic E-state index is 14.1. The van der Waals surface area contributed by atoms with Crippen LogP contribution < -0.4 is 16.0 Å². The number of halogens is 2. The molecule has 1 saturated heterocycles. The molecular weight excluding hydrogens is 738 g/mol. The molecule has 3 aliphatic rings. The number of imide groups is 2. The van der Waals surface area contributed by atoms with E-state index in [-0.39, 0.29) is 35.7 Å². The fourth-order valence-electron chi connectivity index (χ4n) is 7.14. The highest BCUT2D eigenvalue weighted by Crippen LogP contribution is 2.32. The van der Waals surface area contributed by atoms with Crippen molar-refractivity contribution in [1.29, 1.82) is 0 Å². The van der Waals surface area contributed by atoms with E-state index in [0.717, 1.165) is 48.3 Å². The number of nitrogens with one attached hydrogen (secondary N) is 3. The summed E-state index contributed by atoms with van der Waals surface area (Å²) >= 11 is 0. The van der Waals surface area contributed by atoms with Gasteiger partial charge in [-0.2, -0.15) is 5.10 Å². The third kappa shape index (κ3) is 8.06. The van der Waals surface area contributed by atoms with Gasteiger partial charge in [-0.05, 0) is 92.3 Å². The summed E-state index contributed by atoms with van der Waals surface area (Å²) < 4.78 is 34.9. The van der Waals surface area contributed by atoms with Crippen molar-refractivity contribution in [2.24, 2.45) is 5.92 Å². The van der Waals surface area contributed by atoms with Gasteiger partial charge in [0, 0.05) is 24.7 Å². The zero-order chi connectivity index (χ0) is 39.6. The average molecular weight is 777 g/mol. The third-order valence-corrected chi connectivity index (χ3v) is 10.4.